The summed E-state index contributed by atoms with van der Waals surface area (Å²) >= 11 is 0. The molecule has 0 aliphatic rings. The van der Waals surface area contributed by atoms with Crippen LogP contribution < -0.4 is 5.43 Å². The van der Waals surface area contributed by atoms with Gasteiger partial charge in [-0.1, -0.05) is 57.5 Å². The number of rotatable bonds is 4. The molecule has 4 heteroatoms. The minimum Gasteiger partial charge on any atom is -0.267 e. The molecule has 2 aromatic carbocycles. The van der Waals surface area contributed by atoms with E-state index in [1.54, 1.807) is 12.1 Å². The van der Waals surface area contributed by atoms with Gasteiger partial charge in [0.05, 0.1) is 6.04 Å². The van der Waals surface area contributed by atoms with Crippen molar-refractivity contribution in [3.63, 3.8) is 0 Å². The van der Waals surface area contributed by atoms with Crippen LogP contribution in [-0.2, 0) is 0 Å². The van der Waals surface area contributed by atoms with Crippen molar-refractivity contribution in [3.8, 4) is 0 Å². The summed E-state index contributed by atoms with van der Waals surface area (Å²) in [7, 11) is 0. The van der Waals surface area contributed by atoms with E-state index in [9.17, 15) is 9.59 Å². The van der Waals surface area contributed by atoms with Crippen molar-refractivity contribution in [2.75, 3.05) is 0 Å². The molecule has 0 saturated heterocycles. The second kappa shape index (κ2) is 8.59. The third kappa shape index (κ3) is 4.80. The molecule has 0 radical (unpaired) electrons. The minimum absolute atomic E-state index is 0.144. The molecule has 0 aliphatic heterocycles. The highest BCUT2D eigenvalue weighted by molar-refractivity contribution is 6.00. The van der Waals surface area contributed by atoms with Crippen molar-refractivity contribution in [2.24, 2.45) is 5.41 Å². The Hall–Kier alpha value is -2.62. The van der Waals surface area contributed by atoms with Crippen molar-refractivity contribution in [1.29, 1.82) is 0 Å². The molecule has 4 nitrogen and oxygen atoms in total. The second-order valence-corrected chi connectivity index (χ2v) is 8.52. The Labute approximate surface area is 168 Å². The number of amides is 2. The Morgan fingerprint density at radius 2 is 1.68 bits per heavy atom. The number of aryl methyl sites for hydroxylation is 2. The van der Waals surface area contributed by atoms with Crippen LogP contribution in [0.15, 0.2) is 42.5 Å². The monoisotopic (exact) mass is 380 g/mol. The van der Waals surface area contributed by atoms with E-state index in [1.807, 2.05) is 58.0 Å². The molecule has 0 heterocycles. The fourth-order valence-electron chi connectivity index (χ4n) is 3.54. The Morgan fingerprint density at radius 3 is 2.25 bits per heavy atom. The maximum absolute atomic E-state index is 13.4. The first kappa shape index (κ1) is 21.7. The van der Waals surface area contributed by atoms with Gasteiger partial charge in [-0.05, 0) is 61.9 Å². The van der Waals surface area contributed by atoms with E-state index < -0.39 is 0 Å². The molecule has 2 amide bonds. The van der Waals surface area contributed by atoms with Gasteiger partial charge >= 0.3 is 0 Å². The van der Waals surface area contributed by atoms with Crippen LogP contribution in [0.2, 0.25) is 0 Å². The first-order chi connectivity index (χ1) is 13.1. The van der Waals surface area contributed by atoms with Crippen molar-refractivity contribution >= 4 is 11.8 Å². The molecule has 1 unspecified atom stereocenters. The van der Waals surface area contributed by atoms with E-state index in [-0.39, 0.29) is 23.3 Å². The Kier molecular flexibility index (Phi) is 6.65. The smallest absolute Gasteiger partial charge is 0.267 e. The van der Waals surface area contributed by atoms with Crippen LogP contribution in [0.4, 0.5) is 0 Å². The zero-order chi connectivity index (χ0) is 21.1. The molecule has 0 spiro atoms. The molecule has 2 rings (SSSR count). The quantitative estimate of drug-likeness (QED) is 0.739. The number of hydrogen-bond donors (Lipinski definition) is 1. The lowest BCUT2D eigenvalue weighted by Gasteiger charge is -2.39. The van der Waals surface area contributed by atoms with E-state index in [2.05, 4.69) is 26.2 Å². The first-order valence-electron chi connectivity index (χ1n) is 9.83. The average Bonchev–Trinajstić information content (AvgIpc) is 2.62. The number of hydrogen-bond acceptors (Lipinski definition) is 2. The maximum atomic E-state index is 13.4. The van der Waals surface area contributed by atoms with Crippen LogP contribution in [0.3, 0.4) is 0 Å². The number of nitrogens with one attached hydrogen (secondary N) is 1. The van der Waals surface area contributed by atoms with Gasteiger partial charge in [0, 0.05) is 11.1 Å². The third-order valence-electron chi connectivity index (χ3n) is 5.25. The summed E-state index contributed by atoms with van der Waals surface area (Å²) in [4.78, 5) is 26.4. The number of benzene rings is 2. The van der Waals surface area contributed by atoms with Gasteiger partial charge in [0.25, 0.3) is 11.8 Å². The highest BCUT2D eigenvalue weighted by Crippen LogP contribution is 2.27. The molecule has 150 valence electrons. The standard InChI is InChI=1S/C24H32N2O2/c1-8-21(24(5,6)7)26(23(28)19-13-9-11-16(2)15-19)25-22(27)20-14-10-12-17(3)18(20)4/h9-15,21H,8H2,1-7H3,(H,25,27). The van der Waals surface area contributed by atoms with E-state index in [0.717, 1.165) is 23.1 Å². The number of nitrogens with zero attached hydrogens (tertiary/aromatic N) is 1. The Bertz CT molecular complexity index is 865. The van der Waals surface area contributed by atoms with Crippen molar-refractivity contribution in [1.82, 2.24) is 10.4 Å². The fourth-order valence-corrected chi connectivity index (χ4v) is 3.54. The highest BCUT2D eigenvalue weighted by atomic mass is 16.2. The Morgan fingerprint density at radius 1 is 1.04 bits per heavy atom. The topological polar surface area (TPSA) is 49.4 Å². The van der Waals surface area contributed by atoms with Crippen LogP contribution in [0.1, 0.15) is 71.5 Å². The Balaban J connectivity index is 2.45. The summed E-state index contributed by atoms with van der Waals surface area (Å²) in [5, 5.41) is 1.53. The largest absolute Gasteiger partial charge is 0.272 e. The van der Waals surface area contributed by atoms with Gasteiger partial charge in [-0.15, -0.1) is 0 Å². The van der Waals surface area contributed by atoms with Crippen molar-refractivity contribution < 1.29 is 9.59 Å². The van der Waals surface area contributed by atoms with Gasteiger partial charge in [-0.25, -0.2) is 5.01 Å². The molecule has 0 fully saturated rings. The lowest BCUT2D eigenvalue weighted by atomic mass is 9.84. The fraction of sp³-hybridized carbons (Fsp3) is 0.417. The van der Waals surface area contributed by atoms with Gasteiger partial charge in [0.1, 0.15) is 0 Å². The highest BCUT2D eigenvalue weighted by Gasteiger charge is 2.34. The molecule has 0 aliphatic carbocycles. The molecule has 0 saturated carbocycles. The maximum Gasteiger partial charge on any atom is 0.272 e. The van der Waals surface area contributed by atoms with Crippen LogP contribution in [0.5, 0.6) is 0 Å². The molecule has 1 N–H and O–H groups in total. The van der Waals surface area contributed by atoms with Crippen LogP contribution in [0.25, 0.3) is 0 Å². The molecular weight excluding hydrogens is 348 g/mol. The van der Waals surface area contributed by atoms with Crippen molar-refractivity contribution in [2.45, 2.75) is 60.9 Å². The zero-order valence-corrected chi connectivity index (χ0v) is 18.1. The van der Waals surface area contributed by atoms with Gasteiger partial charge in [-0.3, -0.25) is 15.0 Å². The number of carbonyl (C=O) groups is 2. The molecule has 28 heavy (non-hydrogen) atoms. The van der Waals surface area contributed by atoms with Crippen LogP contribution in [0, 0.1) is 26.2 Å². The summed E-state index contributed by atoms with van der Waals surface area (Å²) in [6.45, 7) is 14.2. The molecule has 2 aromatic rings. The molecular formula is C24H32N2O2. The SMILES string of the molecule is CCC(N(NC(=O)c1cccc(C)c1C)C(=O)c1cccc(C)c1)C(C)(C)C. The van der Waals surface area contributed by atoms with Crippen LogP contribution in [-0.4, -0.2) is 22.9 Å². The average molecular weight is 381 g/mol. The summed E-state index contributed by atoms with van der Waals surface area (Å²) in [6.07, 6.45) is 0.730. The lowest BCUT2D eigenvalue weighted by molar-refractivity contribution is 0.0284. The minimum atomic E-state index is -0.259. The summed E-state index contributed by atoms with van der Waals surface area (Å²) in [5.74, 6) is -0.450. The first-order valence-corrected chi connectivity index (χ1v) is 9.83. The van der Waals surface area contributed by atoms with Crippen LogP contribution >= 0.6 is 0 Å². The third-order valence-corrected chi connectivity index (χ3v) is 5.25. The van der Waals surface area contributed by atoms with E-state index in [1.165, 1.54) is 5.01 Å². The molecule has 0 bridgehead atoms. The van der Waals surface area contributed by atoms with E-state index >= 15 is 0 Å². The molecule has 1 atom stereocenters. The zero-order valence-electron chi connectivity index (χ0n) is 18.1. The normalized spacial score (nSPS) is 12.4. The van der Waals surface area contributed by atoms with Gasteiger partial charge < -0.3 is 0 Å². The summed E-state index contributed by atoms with van der Waals surface area (Å²) in [6, 6.07) is 13.0. The van der Waals surface area contributed by atoms with Crippen molar-refractivity contribution in [3.05, 3.63) is 70.3 Å². The number of hydrazine groups is 1. The predicted octanol–water partition coefficient (Wildman–Crippen LogP) is 5.22. The van der Waals surface area contributed by atoms with Gasteiger partial charge in [-0.2, -0.15) is 0 Å². The van der Waals surface area contributed by atoms with E-state index in [0.29, 0.717) is 11.1 Å². The van der Waals surface area contributed by atoms with Gasteiger partial charge in [0.2, 0.25) is 0 Å². The summed E-state index contributed by atoms with van der Waals surface area (Å²) < 4.78 is 0. The van der Waals surface area contributed by atoms with E-state index in [4.69, 9.17) is 0 Å². The molecule has 0 aromatic heterocycles. The lowest BCUT2D eigenvalue weighted by Crippen LogP contribution is -2.56. The van der Waals surface area contributed by atoms with Gasteiger partial charge in [0.15, 0.2) is 0 Å². The summed E-state index contributed by atoms with van der Waals surface area (Å²) in [5.41, 5.74) is 6.87. The number of carbonyl (C=O) groups excluding carboxylic acids is 2. The second-order valence-electron chi connectivity index (χ2n) is 8.52. The predicted molar refractivity (Wildman–Crippen MR) is 114 cm³/mol.